The van der Waals surface area contributed by atoms with E-state index in [1.165, 1.54) is 16.7 Å². The van der Waals surface area contributed by atoms with E-state index in [9.17, 15) is 0 Å². The number of hydrogen-bond donors (Lipinski definition) is 0. The minimum atomic E-state index is -0.454. The van der Waals surface area contributed by atoms with Crippen molar-refractivity contribution in [3.8, 4) is 11.4 Å². The number of fused-ring (bicyclic) bond motifs is 4. The van der Waals surface area contributed by atoms with Crippen LogP contribution in [0.5, 0.6) is 5.75 Å². The Balaban J connectivity index is 1.34. The first-order chi connectivity index (χ1) is 16.2. The van der Waals surface area contributed by atoms with Gasteiger partial charge in [-0.15, -0.1) is 0 Å². The Bertz CT molecular complexity index is 1270. The number of rotatable bonds is 3. The molecule has 6 nitrogen and oxygen atoms in total. The number of aryl methyl sites for hydroxylation is 2. The fraction of sp³-hybridized carbons (Fsp3) is 0.333. The number of hydrogen-bond acceptors (Lipinski definition) is 5. The first-order valence-corrected chi connectivity index (χ1v) is 11.7. The third kappa shape index (κ3) is 3.24. The van der Waals surface area contributed by atoms with Gasteiger partial charge in [-0.25, -0.2) is 4.98 Å². The van der Waals surface area contributed by atoms with E-state index in [-0.39, 0.29) is 0 Å². The van der Waals surface area contributed by atoms with Gasteiger partial charge in [-0.05, 0) is 67.5 Å². The van der Waals surface area contributed by atoms with E-state index in [4.69, 9.17) is 9.57 Å². The number of nitrogens with zero attached hydrogens (tertiary/aromatic N) is 4. The molecule has 3 heterocycles. The Morgan fingerprint density at radius 3 is 2.88 bits per heavy atom. The molecule has 6 rings (SSSR count). The Hall–Kier alpha value is -3.54. The van der Waals surface area contributed by atoms with Crippen LogP contribution in [0.4, 0.5) is 0 Å². The lowest BCUT2D eigenvalue weighted by molar-refractivity contribution is -0.118. The molecule has 1 aromatic heterocycles. The van der Waals surface area contributed by atoms with E-state index < -0.39 is 5.72 Å². The zero-order chi connectivity index (χ0) is 22.4. The molecule has 3 aromatic rings. The lowest BCUT2D eigenvalue weighted by Crippen LogP contribution is -2.50. The minimum absolute atomic E-state index is 0.454. The highest BCUT2D eigenvalue weighted by Crippen LogP contribution is 2.47. The van der Waals surface area contributed by atoms with Crippen LogP contribution in [0.25, 0.3) is 11.8 Å². The molecule has 1 fully saturated rings. The topological polar surface area (TPSA) is 51.9 Å². The van der Waals surface area contributed by atoms with Gasteiger partial charge in [-0.3, -0.25) is 0 Å². The molecule has 2 aliphatic heterocycles. The average Bonchev–Trinajstić information content (AvgIpc) is 3.44. The van der Waals surface area contributed by atoms with Gasteiger partial charge in [0.25, 0.3) is 0 Å². The normalized spacial score (nSPS) is 22.7. The maximum absolute atomic E-state index is 6.29. The summed E-state index contributed by atoms with van der Waals surface area (Å²) < 4.78 is 7.70. The number of aromatic nitrogens is 2. The van der Waals surface area contributed by atoms with Crippen LogP contribution < -0.4 is 4.74 Å². The van der Waals surface area contributed by atoms with Crippen LogP contribution in [0, 0.1) is 6.92 Å². The summed E-state index contributed by atoms with van der Waals surface area (Å²) in [6.07, 6.45) is 11.3. The highest BCUT2D eigenvalue weighted by molar-refractivity contribution is 6.03. The lowest BCUT2D eigenvalue weighted by atomic mass is 9.82. The summed E-state index contributed by atoms with van der Waals surface area (Å²) in [6.45, 7) is 2.95. The Morgan fingerprint density at radius 1 is 1.12 bits per heavy atom. The molecule has 0 amide bonds. The largest absolute Gasteiger partial charge is 0.495 e. The smallest absolute Gasteiger partial charge is 0.237 e. The van der Waals surface area contributed by atoms with Crippen molar-refractivity contribution in [2.45, 2.75) is 44.8 Å². The monoisotopic (exact) mass is 440 g/mol. The van der Waals surface area contributed by atoms with Gasteiger partial charge in [0.1, 0.15) is 5.75 Å². The van der Waals surface area contributed by atoms with Crippen molar-refractivity contribution in [3.63, 3.8) is 0 Å². The second-order valence-corrected chi connectivity index (χ2v) is 9.08. The molecule has 1 spiro atoms. The third-order valence-electron chi connectivity index (χ3n) is 7.02. The van der Waals surface area contributed by atoms with Crippen molar-refractivity contribution in [2.24, 2.45) is 5.16 Å². The van der Waals surface area contributed by atoms with Crippen LogP contribution in [0.3, 0.4) is 0 Å². The van der Waals surface area contributed by atoms with Crippen molar-refractivity contribution < 1.29 is 9.57 Å². The number of ether oxygens (including phenoxy) is 1. The van der Waals surface area contributed by atoms with E-state index in [2.05, 4.69) is 63.6 Å². The van der Waals surface area contributed by atoms with Crippen LogP contribution in [0.1, 0.15) is 48.1 Å². The second-order valence-electron chi connectivity index (χ2n) is 9.08. The molecule has 1 unspecified atom stereocenters. The fourth-order valence-corrected chi connectivity index (χ4v) is 5.48. The summed E-state index contributed by atoms with van der Waals surface area (Å²) in [7, 11) is 1.71. The van der Waals surface area contributed by atoms with Gasteiger partial charge >= 0.3 is 0 Å². The summed E-state index contributed by atoms with van der Waals surface area (Å²) in [4.78, 5) is 13.0. The van der Waals surface area contributed by atoms with Gasteiger partial charge in [0.2, 0.25) is 5.72 Å². The molecular weight excluding hydrogens is 412 g/mol. The third-order valence-corrected chi connectivity index (χ3v) is 7.02. The standard InChI is InChI=1S/C27H28N4O2/c1-19-17-30(18-28-19)24-12-11-20(16-25(24)32-2)15-22-9-6-14-31-26(22)29-33-27(31)13-5-8-21-7-3-4-10-23(21)27/h3-4,7,10-12,15-18H,5-6,8-9,13-14H2,1-2H3. The predicted octanol–water partition coefficient (Wildman–Crippen LogP) is 5.20. The van der Waals surface area contributed by atoms with E-state index in [0.717, 1.165) is 67.2 Å². The maximum atomic E-state index is 6.29. The number of benzene rings is 2. The Labute approximate surface area is 194 Å². The number of piperidine rings is 1. The van der Waals surface area contributed by atoms with Crippen LogP contribution >= 0.6 is 0 Å². The molecule has 1 aliphatic carbocycles. The van der Waals surface area contributed by atoms with Crippen LogP contribution in [0.15, 0.2) is 65.7 Å². The van der Waals surface area contributed by atoms with Crippen molar-refractivity contribution in [1.29, 1.82) is 0 Å². The van der Waals surface area contributed by atoms with Crippen LogP contribution in [0.2, 0.25) is 0 Å². The molecule has 6 heteroatoms. The van der Waals surface area contributed by atoms with E-state index in [0.29, 0.717) is 0 Å². The SMILES string of the molecule is COc1cc(C=C2CCCN3C2=NOC32CCCc3ccccc32)ccc1-n1cnc(C)c1. The molecular formula is C27H28N4O2. The first kappa shape index (κ1) is 20.1. The first-order valence-electron chi connectivity index (χ1n) is 11.7. The quantitative estimate of drug-likeness (QED) is 0.562. The molecule has 0 saturated carbocycles. The predicted molar refractivity (Wildman–Crippen MR) is 128 cm³/mol. The Kier molecular flexibility index (Phi) is 4.75. The summed E-state index contributed by atoms with van der Waals surface area (Å²) >= 11 is 0. The minimum Gasteiger partial charge on any atom is -0.495 e. The highest BCUT2D eigenvalue weighted by atomic mass is 16.7. The lowest BCUT2D eigenvalue weighted by Gasteiger charge is -2.43. The van der Waals surface area contributed by atoms with E-state index >= 15 is 0 Å². The summed E-state index contributed by atoms with van der Waals surface area (Å²) in [6, 6.07) is 15.0. The average molecular weight is 441 g/mol. The molecule has 3 aliphatic rings. The molecule has 1 saturated heterocycles. The van der Waals surface area contributed by atoms with Gasteiger partial charge in [-0.1, -0.05) is 35.5 Å². The number of amidine groups is 1. The molecule has 2 aromatic carbocycles. The maximum Gasteiger partial charge on any atom is 0.237 e. The number of imidazole rings is 1. The fourth-order valence-electron chi connectivity index (χ4n) is 5.48. The number of oxime groups is 1. The molecule has 1 atom stereocenters. The van der Waals surface area contributed by atoms with Gasteiger partial charge < -0.3 is 19.0 Å². The summed E-state index contributed by atoms with van der Waals surface area (Å²) in [5.74, 6) is 1.79. The molecule has 33 heavy (non-hydrogen) atoms. The van der Waals surface area contributed by atoms with Gasteiger partial charge in [-0.2, -0.15) is 0 Å². The van der Waals surface area contributed by atoms with Crippen molar-refractivity contribution >= 4 is 11.9 Å². The van der Waals surface area contributed by atoms with Crippen molar-refractivity contribution in [3.05, 3.63) is 82.9 Å². The van der Waals surface area contributed by atoms with Gasteiger partial charge in [0, 0.05) is 24.7 Å². The van der Waals surface area contributed by atoms with Gasteiger partial charge in [0.05, 0.1) is 24.8 Å². The van der Waals surface area contributed by atoms with Crippen LogP contribution in [-0.4, -0.2) is 33.9 Å². The van der Waals surface area contributed by atoms with Crippen LogP contribution in [-0.2, 0) is 17.0 Å². The van der Waals surface area contributed by atoms with Crippen molar-refractivity contribution in [1.82, 2.24) is 14.5 Å². The second kappa shape index (κ2) is 7.80. The molecule has 0 radical (unpaired) electrons. The van der Waals surface area contributed by atoms with E-state index in [1.807, 2.05) is 24.0 Å². The molecule has 0 bridgehead atoms. The highest BCUT2D eigenvalue weighted by Gasteiger charge is 2.51. The Morgan fingerprint density at radius 2 is 2.03 bits per heavy atom. The van der Waals surface area contributed by atoms with Gasteiger partial charge in [0.15, 0.2) is 5.84 Å². The zero-order valence-corrected chi connectivity index (χ0v) is 19.1. The summed E-state index contributed by atoms with van der Waals surface area (Å²) in [5, 5.41) is 4.65. The molecule has 168 valence electrons. The van der Waals surface area contributed by atoms with Crippen molar-refractivity contribution in [2.75, 3.05) is 13.7 Å². The van der Waals surface area contributed by atoms with E-state index in [1.54, 1.807) is 7.11 Å². The number of methoxy groups -OCH3 is 1. The zero-order valence-electron chi connectivity index (χ0n) is 19.1. The summed E-state index contributed by atoms with van der Waals surface area (Å²) in [5.41, 5.74) is 6.47. The molecule has 0 N–H and O–H groups in total.